The zero-order valence-electron chi connectivity index (χ0n) is 19.0. The molecule has 0 saturated carbocycles. The number of nitrogens with zero attached hydrogens (tertiary/aromatic N) is 5. The van der Waals surface area contributed by atoms with Gasteiger partial charge in [-0.1, -0.05) is 42.5 Å². The van der Waals surface area contributed by atoms with Crippen molar-refractivity contribution in [3.63, 3.8) is 0 Å². The molecule has 1 fully saturated rings. The highest BCUT2D eigenvalue weighted by molar-refractivity contribution is 5.95. The molecule has 0 N–H and O–H groups in total. The Balaban J connectivity index is 1.19. The van der Waals surface area contributed by atoms with Crippen molar-refractivity contribution in [2.24, 2.45) is 0 Å². The average Bonchev–Trinajstić information content (AvgIpc) is 3.23. The van der Waals surface area contributed by atoms with E-state index in [-0.39, 0.29) is 11.8 Å². The number of carbonyl (C=O) groups is 2. The van der Waals surface area contributed by atoms with Crippen LogP contribution in [0.2, 0.25) is 0 Å². The lowest BCUT2D eigenvalue weighted by atomic mass is 10.1. The molecule has 3 aromatic rings. The molecule has 0 unspecified atom stereocenters. The third-order valence-electron chi connectivity index (χ3n) is 6.45. The zero-order valence-corrected chi connectivity index (χ0v) is 19.0. The van der Waals surface area contributed by atoms with Gasteiger partial charge in [0.25, 0.3) is 5.91 Å². The average molecular weight is 444 g/mol. The van der Waals surface area contributed by atoms with Gasteiger partial charge in [-0.25, -0.2) is 4.68 Å². The molecule has 170 valence electrons. The summed E-state index contributed by atoms with van der Waals surface area (Å²) in [5.74, 6) is 1.02. The third kappa shape index (κ3) is 4.68. The molecule has 0 atom stereocenters. The zero-order chi connectivity index (χ0) is 22.8. The fourth-order valence-corrected chi connectivity index (χ4v) is 4.62. The highest BCUT2D eigenvalue weighted by Gasteiger charge is 2.26. The standard InChI is InChI=1S/C26H29N5O2/c1-20-17-24-30(25(32)11-12-31(24)27-20)19-22-7-9-23(10-8-22)26(33)29-15-13-28(14-16-29)18-21-5-3-2-4-6-21/h2-10,17H,11-16,18-19H2,1H3. The molecule has 2 aromatic carbocycles. The van der Waals surface area contributed by atoms with Gasteiger partial charge in [-0.05, 0) is 30.2 Å². The van der Waals surface area contributed by atoms with E-state index in [4.69, 9.17) is 0 Å². The number of rotatable bonds is 5. The first-order chi connectivity index (χ1) is 16.1. The Morgan fingerprint density at radius 3 is 2.30 bits per heavy atom. The van der Waals surface area contributed by atoms with Crippen LogP contribution in [0.4, 0.5) is 5.82 Å². The van der Waals surface area contributed by atoms with Gasteiger partial charge in [-0.15, -0.1) is 0 Å². The van der Waals surface area contributed by atoms with Crippen LogP contribution in [-0.2, 0) is 24.4 Å². The van der Waals surface area contributed by atoms with Gasteiger partial charge in [-0.3, -0.25) is 19.4 Å². The molecule has 0 spiro atoms. The maximum Gasteiger partial charge on any atom is 0.253 e. The Kier molecular flexibility index (Phi) is 5.96. The molecular weight excluding hydrogens is 414 g/mol. The molecule has 0 radical (unpaired) electrons. The number of carbonyl (C=O) groups excluding carboxylic acids is 2. The highest BCUT2D eigenvalue weighted by Crippen LogP contribution is 2.24. The van der Waals surface area contributed by atoms with E-state index in [0.29, 0.717) is 25.1 Å². The third-order valence-corrected chi connectivity index (χ3v) is 6.45. The Labute approximate surface area is 194 Å². The Morgan fingerprint density at radius 2 is 1.58 bits per heavy atom. The number of aryl methyl sites for hydroxylation is 2. The van der Waals surface area contributed by atoms with E-state index in [0.717, 1.165) is 49.8 Å². The van der Waals surface area contributed by atoms with Crippen LogP contribution in [0.3, 0.4) is 0 Å². The normalized spacial score (nSPS) is 16.7. The molecule has 33 heavy (non-hydrogen) atoms. The summed E-state index contributed by atoms with van der Waals surface area (Å²) in [6, 6.07) is 20.1. The number of piperazine rings is 1. The number of benzene rings is 2. The van der Waals surface area contributed by atoms with Gasteiger partial charge < -0.3 is 4.90 Å². The molecule has 0 aliphatic carbocycles. The van der Waals surface area contributed by atoms with E-state index in [1.807, 2.05) is 52.9 Å². The van der Waals surface area contributed by atoms with Gasteiger partial charge in [0, 0.05) is 50.8 Å². The van der Waals surface area contributed by atoms with Crippen LogP contribution in [0.15, 0.2) is 60.7 Å². The van der Waals surface area contributed by atoms with Crippen LogP contribution >= 0.6 is 0 Å². The van der Waals surface area contributed by atoms with Crippen molar-refractivity contribution in [2.45, 2.75) is 33.0 Å². The summed E-state index contributed by atoms with van der Waals surface area (Å²) >= 11 is 0. The van der Waals surface area contributed by atoms with Crippen molar-refractivity contribution in [1.82, 2.24) is 19.6 Å². The van der Waals surface area contributed by atoms with E-state index >= 15 is 0 Å². The Hall–Kier alpha value is -3.45. The SMILES string of the molecule is Cc1cc2n(n1)CCC(=O)N2Cc1ccc(C(=O)N2CCN(Cc3ccccc3)CC2)cc1. The van der Waals surface area contributed by atoms with Crippen molar-refractivity contribution >= 4 is 17.6 Å². The summed E-state index contributed by atoms with van der Waals surface area (Å²) < 4.78 is 1.89. The first-order valence-corrected chi connectivity index (χ1v) is 11.6. The Bertz CT molecular complexity index is 1130. The Morgan fingerprint density at radius 1 is 0.879 bits per heavy atom. The van der Waals surface area contributed by atoms with Crippen molar-refractivity contribution in [2.75, 3.05) is 31.1 Å². The van der Waals surface area contributed by atoms with Crippen molar-refractivity contribution in [1.29, 1.82) is 0 Å². The van der Waals surface area contributed by atoms with Gasteiger partial charge in [0.15, 0.2) is 0 Å². The van der Waals surface area contributed by atoms with Gasteiger partial charge in [0.2, 0.25) is 5.91 Å². The predicted octanol–water partition coefficient (Wildman–Crippen LogP) is 3.09. The molecule has 2 aliphatic rings. The predicted molar refractivity (Wildman–Crippen MR) is 127 cm³/mol. The molecule has 0 bridgehead atoms. The summed E-state index contributed by atoms with van der Waals surface area (Å²) in [4.78, 5) is 31.6. The van der Waals surface area contributed by atoms with E-state index in [9.17, 15) is 9.59 Å². The van der Waals surface area contributed by atoms with Crippen LogP contribution in [-0.4, -0.2) is 57.6 Å². The molecule has 2 amide bonds. The second-order valence-electron chi connectivity index (χ2n) is 8.85. The number of amides is 2. The van der Waals surface area contributed by atoms with E-state index in [1.54, 1.807) is 4.90 Å². The molecule has 5 rings (SSSR count). The first kappa shape index (κ1) is 21.4. The topological polar surface area (TPSA) is 61.7 Å². The van der Waals surface area contributed by atoms with Crippen molar-refractivity contribution in [3.8, 4) is 0 Å². The van der Waals surface area contributed by atoms with E-state index in [1.165, 1.54) is 5.56 Å². The molecule has 1 saturated heterocycles. The monoisotopic (exact) mass is 443 g/mol. The van der Waals surface area contributed by atoms with Crippen LogP contribution < -0.4 is 4.90 Å². The molecule has 7 nitrogen and oxygen atoms in total. The minimum Gasteiger partial charge on any atom is -0.336 e. The number of fused-ring (bicyclic) bond motifs is 1. The smallest absolute Gasteiger partial charge is 0.253 e. The lowest BCUT2D eigenvalue weighted by Crippen LogP contribution is -2.48. The number of hydrogen-bond donors (Lipinski definition) is 0. The summed E-state index contributed by atoms with van der Waals surface area (Å²) in [6.07, 6.45) is 0.459. The van der Waals surface area contributed by atoms with Gasteiger partial charge in [-0.2, -0.15) is 5.10 Å². The molecular formula is C26H29N5O2. The summed E-state index contributed by atoms with van der Waals surface area (Å²) in [5, 5.41) is 4.46. The second kappa shape index (κ2) is 9.19. The van der Waals surface area contributed by atoms with Crippen LogP contribution in [0.5, 0.6) is 0 Å². The fourth-order valence-electron chi connectivity index (χ4n) is 4.62. The molecule has 7 heteroatoms. The lowest BCUT2D eigenvalue weighted by molar-refractivity contribution is -0.119. The minimum atomic E-state index is 0.0728. The van der Waals surface area contributed by atoms with Crippen LogP contribution in [0.1, 0.15) is 33.6 Å². The molecule has 2 aliphatic heterocycles. The second-order valence-corrected chi connectivity index (χ2v) is 8.85. The van der Waals surface area contributed by atoms with Crippen LogP contribution in [0, 0.1) is 6.92 Å². The lowest BCUT2D eigenvalue weighted by Gasteiger charge is -2.34. The van der Waals surface area contributed by atoms with Gasteiger partial charge in [0.1, 0.15) is 5.82 Å². The van der Waals surface area contributed by atoms with E-state index in [2.05, 4.69) is 34.3 Å². The number of hydrogen-bond acceptors (Lipinski definition) is 4. The quantitative estimate of drug-likeness (QED) is 0.608. The summed E-state index contributed by atoms with van der Waals surface area (Å²) in [6.45, 7) is 7.20. The van der Waals surface area contributed by atoms with Crippen molar-refractivity contribution in [3.05, 3.63) is 83.0 Å². The largest absolute Gasteiger partial charge is 0.336 e. The molecule has 1 aromatic heterocycles. The molecule has 3 heterocycles. The fraction of sp³-hybridized carbons (Fsp3) is 0.346. The highest BCUT2D eigenvalue weighted by atomic mass is 16.2. The van der Waals surface area contributed by atoms with Crippen molar-refractivity contribution < 1.29 is 9.59 Å². The maximum atomic E-state index is 13.0. The first-order valence-electron chi connectivity index (χ1n) is 11.6. The number of anilines is 1. The van der Waals surface area contributed by atoms with Gasteiger partial charge in [0.05, 0.1) is 18.8 Å². The summed E-state index contributed by atoms with van der Waals surface area (Å²) in [5.41, 5.74) is 3.91. The van der Waals surface area contributed by atoms with Gasteiger partial charge >= 0.3 is 0 Å². The number of aromatic nitrogens is 2. The summed E-state index contributed by atoms with van der Waals surface area (Å²) in [7, 11) is 0. The van der Waals surface area contributed by atoms with E-state index < -0.39 is 0 Å². The maximum absolute atomic E-state index is 13.0. The minimum absolute atomic E-state index is 0.0728. The van der Waals surface area contributed by atoms with Crippen LogP contribution in [0.25, 0.3) is 0 Å².